The summed E-state index contributed by atoms with van der Waals surface area (Å²) in [6, 6.07) is 14.0. The van der Waals surface area contributed by atoms with E-state index >= 15 is 0 Å². The van der Waals surface area contributed by atoms with Crippen molar-refractivity contribution in [3.05, 3.63) is 66.1 Å². The van der Waals surface area contributed by atoms with Gasteiger partial charge >= 0.3 is 0 Å². The van der Waals surface area contributed by atoms with Crippen LogP contribution in [0.5, 0.6) is 0 Å². The van der Waals surface area contributed by atoms with Gasteiger partial charge in [-0.05, 0) is 18.1 Å². The Morgan fingerprint density at radius 1 is 1.14 bits per heavy atom. The summed E-state index contributed by atoms with van der Waals surface area (Å²) < 4.78 is 1.76. The first-order chi connectivity index (χ1) is 10.8. The summed E-state index contributed by atoms with van der Waals surface area (Å²) in [6.45, 7) is 1.22. The molecular weight excluding hydrogens is 276 g/mol. The molecule has 3 aromatic rings. The van der Waals surface area contributed by atoms with E-state index in [1.165, 1.54) is 5.56 Å². The minimum atomic E-state index is 0.438. The molecule has 0 amide bonds. The van der Waals surface area contributed by atoms with Gasteiger partial charge in [-0.1, -0.05) is 30.3 Å². The number of guanidine groups is 1. The number of nitrogens with one attached hydrogen (secondary N) is 1. The molecule has 0 bridgehead atoms. The van der Waals surface area contributed by atoms with Gasteiger partial charge < -0.3 is 11.1 Å². The number of aliphatic imine (C=N–C) groups is 1. The fourth-order valence-corrected chi connectivity index (χ4v) is 2.21. The molecule has 0 saturated carbocycles. The highest BCUT2D eigenvalue weighted by Crippen LogP contribution is 2.04. The molecule has 2 aromatic heterocycles. The number of nitrogens with two attached hydrogens (primary N) is 1. The van der Waals surface area contributed by atoms with Crippen molar-refractivity contribution in [2.24, 2.45) is 10.7 Å². The van der Waals surface area contributed by atoms with Crippen LogP contribution in [0.1, 0.15) is 11.3 Å². The fourth-order valence-electron chi connectivity index (χ4n) is 2.21. The van der Waals surface area contributed by atoms with Gasteiger partial charge in [0.2, 0.25) is 0 Å². The van der Waals surface area contributed by atoms with E-state index < -0.39 is 0 Å². The van der Waals surface area contributed by atoms with Crippen LogP contribution in [0.25, 0.3) is 5.65 Å². The third-order valence-corrected chi connectivity index (χ3v) is 3.34. The smallest absolute Gasteiger partial charge is 0.188 e. The highest BCUT2D eigenvalue weighted by atomic mass is 15.3. The molecule has 0 saturated heterocycles. The predicted molar refractivity (Wildman–Crippen MR) is 86.5 cm³/mol. The molecule has 0 atom stereocenters. The molecule has 2 heterocycles. The molecule has 1 aromatic carbocycles. The Hall–Kier alpha value is -2.89. The molecular formula is C16H18N6. The lowest BCUT2D eigenvalue weighted by Crippen LogP contribution is -2.33. The number of hydrogen-bond acceptors (Lipinski definition) is 3. The normalized spacial score (nSPS) is 11.7. The van der Waals surface area contributed by atoms with E-state index in [2.05, 4.69) is 32.5 Å². The van der Waals surface area contributed by atoms with Gasteiger partial charge in [0.05, 0.1) is 18.4 Å². The van der Waals surface area contributed by atoms with Gasteiger partial charge in [0.1, 0.15) is 0 Å². The molecule has 0 spiro atoms. The third-order valence-electron chi connectivity index (χ3n) is 3.34. The summed E-state index contributed by atoms with van der Waals surface area (Å²) in [5, 5.41) is 7.35. The summed E-state index contributed by atoms with van der Waals surface area (Å²) in [6.07, 6.45) is 4.38. The van der Waals surface area contributed by atoms with Crippen molar-refractivity contribution < 1.29 is 0 Å². The fraction of sp³-hybridized carbons (Fsp3) is 0.188. The van der Waals surface area contributed by atoms with Crippen molar-refractivity contribution in [2.75, 3.05) is 6.54 Å². The average Bonchev–Trinajstić information content (AvgIpc) is 3.03. The number of fused-ring (bicyclic) bond motifs is 1. The summed E-state index contributed by atoms with van der Waals surface area (Å²) in [4.78, 5) is 8.57. The molecule has 0 aliphatic rings. The number of benzene rings is 1. The second-order valence-electron chi connectivity index (χ2n) is 4.90. The molecule has 6 nitrogen and oxygen atoms in total. The van der Waals surface area contributed by atoms with E-state index in [9.17, 15) is 0 Å². The van der Waals surface area contributed by atoms with Crippen LogP contribution in [-0.2, 0) is 13.0 Å². The van der Waals surface area contributed by atoms with Gasteiger partial charge in [-0.3, -0.25) is 0 Å². The monoisotopic (exact) mass is 294 g/mol. The Morgan fingerprint density at radius 2 is 2.00 bits per heavy atom. The minimum Gasteiger partial charge on any atom is -0.370 e. The maximum atomic E-state index is 5.90. The molecule has 0 aliphatic heterocycles. The zero-order valence-corrected chi connectivity index (χ0v) is 12.2. The Bertz CT molecular complexity index is 762. The van der Waals surface area contributed by atoms with E-state index in [1.807, 2.05) is 30.3 Å². The number of rotatable bonds is 5. The molecule has 112 valence electrons. The second kappa shape index (κ2) is 6.71. The maximum Gasteiger partial charge on any atom is 0.188 e. The van der Waals surface area contributed by atoms with Gasteiger partial charge in [0.15, 0.2) is 11.6 Å². The summed E-state index contributed by atoms with van der Waals surface area (Å²) in [7, 11) is 0. The van der Waals surface area contributed by atoms with Crippen LogP contribution in [0.2, 0.25) is 0 Å². The van der Waals surface area contributed by atoms with Crippen LogP contribution < -0.4 is 11.1 Å². The zero-order chi connectivity index (χ0) is 15.2. The van der Waals surface area contributed by atoms with Crippen molar-refractivity contribution in [2.45, 2.75) is 13.0 Å². The van der Waals surface area contributed by atoms with Crippen LogP contribution in [0.15, 0.2) is 59.9 Å². The largest absolute Gasteiger partial charge is 0.370 e. The maximum absolute atomic E-state index is 5.90. The van der Waals surface area contributed by atoms with Crippen LogP contribution in [0, 0.1) is 0 Å². The predicted octanol–water partition coefficient (Wildman–Crippen LogP) is 1.38. The standard InChI is InChI=1S/C16H18N6/c17-16(19-9-6-13-4-2-1-3-5-13)20-12-14-7-10-18-15-8-11-21-22(14)15/h1-5,7-8,10-11H,6,9,12H2,(H3,17,19,20). The quantitative estimate of drug-likeness (QED) is 0.550. The van der Waals surface area contributed by atoms with E-state index in [4.69, 9.17) is 5.73 Å². The van der Waals surface area contributed by atoms with Gasteiger partial charge in [-0.25, -0.2) is 14.5 Å². The molecule has 0 fully saturated rings. The lowest BCUT2D eigenvalue weighted by molar-refractivity contribution is 0.814. The first-order valence-corrected chi connectivity index (χ1v) is 7.18. The Kier molecular flexibility index (Phi) is 4.29. The van der Waals surface area contributed by atoms with Gasteiger partial charge in [-0.15, -0.1) is 0 Å². The molecule has 3 rings (SSSR count). The van der Waals surface area contributed by atoms with Crippen molar-refractivity contribution in [1.82, 2.24) is 19.9 Å². The Morgan fingerprint density at radius 3 is 2.86 bits per heavy atom. The average molecular weight is 294 g/mol. The molecule has 22 heavy (non-hydrogen) atoms. The van der Waals surface area contributed by atoms with Gasteiger partial charge in [-0.2, -0.15) is 5.10 Å². The molecule has 3 N–H and O–H groups in total. The lowest BCUT2D eigenvalue weighted by Gasteiger charge is -2.06. The lowest BCUT2D eigenvalue weighted by atomic mass is 10.1. The highest BCUT2D eigenvalue weighted by Gasteiger charge is 2.01. The van der Waals surface area contributed by atoms with E-state index in [1.54, 1.807) is 16.9 Å². The van der Waals surface area contributed by atoms with E-state index in [-0.39, 0.29) is 0 Å². The SMILES string of the molecule is NC(=NCc1ccnc2ccnn12)NCCc1ccccc1. The highest BCUT2D eigenvalue weighted by molar-refractivity contribution is 5.77. The van der Waals surface area contributed by atoms with E-state index in [0.717, 1.165) is 24.3 Å². The Balaban J connectivity index is 1.55. The zero-order valence-electron chi connectivity index (χ0n) is 12.2. The number of hydrogen-bond donors (Lipinski definition) is 2. The number of aromatic nitrogens is 3. The van der Waals surface area contributed by atoms with Crippen LogP contribution >= 0.6 is 0 Å². The van der Waals surface area contributed by atoms with Crippen molar-refractivity contribution in [3.8, 4) is 0 Å². The van der Waals surface area contributed by atoms with E-state index in [0.29, 0.717) is 12.5 Å². The molecule has 0 unspecified atom stereocenters. The topological polar surface area (TPSA) is 80.6 Å². The van der Waals surface area contributed by atoms with Gasteiger partial charge in [0, 0.05) is 18.8 Å². The van der Waals surface area contributed by atoms with Crippen molar-refractivity contribution >= 4 is 11.6 Å². The molecule has 0 radical (unpaired) electrons. The summed E-state index contributed by atoms with van der Waals surface area (Å²) in [5.41, 5.74) is 8.93. The first-order valence-electron chi connectivity index (χ1n) is 7.18. The number of nitrogens with zero attached hydrogens (tertiary/aromatic N) is 4. The first kappa shape index (κ1) is 14.1. The van der Waals surface area contributed by atoms with Crippen LogP contribution in [0.3, 0.4) is 0 Å². The Labute approximate surface area is 128 Å². The molecule has 6 heteroatoms. The third kappa shape index (κ3) is 3.41. The second-order valence-corrected chi connectivity index (χ2v) is 4.90. The van der Waals surface area contributed by atoms with Crippen molar-refractivity contribution in [1.29, 1.82) is 0 Å². The van der Waals surface area contributed by atoms with Crippen LogP contribution in [-0.4, -0.2) is 27.1 Å². The van der Waals surface area contributed by atoms with Crippen molar-refractivity contribution in [3.63, 3.8) is 0 Å². The summed E-state index contributed by atoms with van der Waals surface area (Å²) in [5.74, 6) is 0.438. The summed E-state index contributed by atoms with van der Waals surface area (Å²) >= 11 is 0. The van der Waals surface area contributed by atoms with Crippen LogP contribution in [0.4, 0.5) is 0 Å². The minimum absolute atomic E-state index is 0.438. The molecule has 0 aliphatic carbocycles. The van der Waals surface area contributed by atoms with Gasteiger partial charge in [0.25, 0.3) is 0 Å².